The van der Waals surface area contributed by atoms with E-state index >= 15 is 0 Å². The molecule has 0 saturated carbocycles. The molecule has 9 rings (SSSR count). The van der Waals surface area contributed by atoms with Gasteiger partial charge in [-0.15, -0.1) is 0 Å². The molecule has 1 radical (unpaired) electrons. The summed E-state index contributed by atoms with van der Waals surface area (Å²) < 4.78 is 0. The van der Waals surface area contributed by atoms with Crippen LogP contribution in [0, 0.1) is 0 Å². The number of Topliss-reactive ketones (excluding diaryl/α,β-unsaturated/α-hetero) is 4. The topological polar surface area (TPSA) is 116 Å². The van der Waals surface area contributed by atoms with Gasteiger partial charge in [-0.2, -0.15) is 43.7 Å². The third-order valence-corrected chi connectivity index (χ3v) is 12.8. The van der Waals surface area contributed by atoms with E-state index in [4.69, 9.17) is 0 Å². The predicted molar refractivity (Wildman–Crippen MR) is 346 cm³/mol. The minimum atomic E-state index is -1.22. The second-order valence-electron chi connectivity index (χ2n) is 20.4. The third kappa shape index (κ3) is 25.9. The summed E-state index contributed by atoms with van der Waals surface area (Å²) in [5.41, 5.74) is 10.7. The van der Waals surface area contributed by atoms with Gasteiger partial charge in [-0.1, -0.05) is 243 Å². The summed E-state index contributed by atoms with van der Waals surface area (Å²) in [6, 6.07) is 87.1. The molecule has 1 heterocycles. The molecule has 81 heavy (non-hydrogen) atoms. The maximum atomic E-state index is 9.44. The summed E-state index contributed by atoms with van der Waals surface area (Å²) in [6.45, 7) is 21.1. The van der Waals surface area contributed by atoms with E-state index in [1.54, 1.807) is 0 Å². The number of hydrogen-bond donors (Lipinski definition) is 4. The number of carbonyl (C=O) groups excluding carboxylic acids is 4. The van der Waals surface area contributed by atoms with Crippen LogP contribution in [0.25, 0.3) is 0 Å². The second kappa shape index (κ2) is 41.9. The minimum Gasteiger partial charge on any atom is -0.315 e. The molecule has 4 N–H and O–H groups in total. The molecule has 0 aromatic heterocycles. The molecular formula is C70H88B2CuN4O4. The Morgan fingerprint density at radius 2 is 0.346 bits per heavy atom. The molecule has 8 aromatic carbocycles. The Hall–Kier alpha value is -7.07. The molecule has 0 bridgehead atoms. The van der Waals surface area contributed by atoms with E-state index in [0.29, 0.717) is 0 Å². The fraction of sp³-hybridized carbons (Fsp3) is 0.257. The van der Waals surface area contributed by atoms with E-state index in [2.05, 4.69) is 264 Å². The first-order valence-electron chi connectivity index (χ1n) is 28.2. The number of hydrogen-bond acceptors (Lipinski definition) is 8. The molecule has 0 unspecified atom stereocenters. The fourth-order valence-corrected chi connectivity index (χ4v) is 9.77. The Kier molecular flexibility index (Phi) is 36.2. The maximum Gasteiger partial charge on any atom is 2.00 e. The van der Waals surface area contributed by atoms with Gasteiger partial charge in [-0.05, 0) is 94.4 Å². The monoisotopic (exact) mass is 1130 g/mol. The summed E-state index contributed by atoms with van der Waals surface area (Å²) in [5.74, 6) is 0.667. The molecule has 0 amide bonds. The van der Waals surface area contributed by atoms with E-state index in [0.717, 1.165) is 52.4 Å². The van der Waals surface area contributed by atoms with E-state index in [1.165, 1.54) is 112 Å². The van der Waals surface area contributed by atoms with Crippen LogP contribution in [0.5, 0.6) is 0 Å². The SMILES string of the molecule is C1CNCCNCCCNCCNC1.CC(C)=O.CC(C)=O.CC(C)=O.CC(C)=O.[Cu+2].c1ccc([B-](c2ccccc2)(c2ccccc2)c2ccccc2)cc1.c1ccc([B-](c2ccccc2)(c2ccccc2)c2ccccc2)cc1. The van der Waals surface area contributed by atoms with Crippen molar-refractivity contribution in [3.8, 4) is 0 Å². The molecular weight excluding hydrogens is 1050 g/mol. The average molecular weight is 1130 g/mol. The number of carbonyl (C=O) groups is 4. The second-order valence-corrected chi connectivity index (χ2v) is 20.4. The Morgan fingerprint density at radius 1 is 0.235 bits per heavy atom. The largest absolute Gasteiger partial charge is 2.00 e. The molecule has 8 nitrogen and oxygen atoms in total. The van der Waals surface area contributed by atoms with E-state index in [9.17, 15) is 19.2 Å². The van der Waals surface area contributed by atoms with Gasteiger partial charge in [0.2, 0.25) is 0 Å². The van der Waals surface area contributed by atoms with Crippen LogP contribution >= 0.6 is 0 Å². The zero-order valence-corrected chi connectivity index (χ0v) is 50.2. The average Bonchev–Trinajstić information content (AvgIpc) is 3.67. The molecule has 11 heteroatoms. The zero-order chi connectivity index (χ0) is 58.1. The van der Waals surface area contributed by atoms with Crippen molar-refractivity contribution in [1.82, 2.24) is 21.3 Å². The molecule has 429 valence electrons. The Labute approximate surface area is 497 Å². The van der Waals surface area contributed by atoms with E-state index in [-0.39, 0.29) is 40.2 Å². The summed E-state index contributed by atoms with van der Waals surface area (Å²) in [7, 11) is 0. The third-order valence-electron chi connectivity index (χ3n) is 12.8. The molecule has 0 spiro atoms. The number of benzene rings is 8. The van der Waals surface area contributed by atoms with Crippen LogP contribution in [0.1, 0.15) is 68.2 Å². The van der Waals surface area contributed by atoms with Crippen molar-refractivity contribution in [2.75, 3.05) is 52.4 Å². The summed E-state index contributed by atoms with van der Waals surface area (Å²) >= 11 is 0. The smallest absolute Gasteiger partial charge is 0.315 e. The molecule has 0 atom stereocenters. The van der Waals surface area contributed by atoms with Crippen molar-refractivity contribution >= 4 is 79.1 Å². The van der Waals surface area contributed by atoms with Gasteiger partial charge in [-0.25, -0.2) is 0 Å². The molecule has 1 aliphatic heterocycles. The van der Waals surface area contributed by atoms with Crippen LogP contribution in [0.4, 0.5) is 0 Å². The van der Waals surface area contributed by atoms with Crippen molar-refractivity contribution in [3.63, 3.8) is 0 Å². The van der Waals surface area contributed by atoms with Gasteiger partial charge >= 0.3 is 17.1 Å². The van der Waals surface area contributed by atoms with Gasteiger partial charge in [0.1, 0.15) is 35.4 Å². The molecule has 1 fully saturated rings. The quantitative estimate of drug-likeness (QED) is 0.115. The van der Waals surface area contributed by atoms with Crippen LogP contribution in [0.3, 0.4) is 0 Å². The molecule has 1 saturated heterocycles. The van der Waals surface area contributed by atoms with Crippen molar-refractivity contribution in [3.05, 3.63) is 243 Å². The first-order valence-corrected chi connectivity index (χ1v) is 28.2. The summed E-state index contributed by atoms with van der Waals surface area (Å²) in [5, 5.41) is 13.7. The fourth-order valence-electron chi connectivity index (χ4n) is 9.77. The van der Waals surface area contributed by atoms with Gasteiger partial charge in [0.25, 0.3) is 0 Å². The van der Waals surface area contributed by atoms with E-state index in [1.807, 2.05) is 0 Å². The van der Waals surface area contributed by atoms with Gasteiger partial charge in [0, 0.05) is 26.2 Å². The van der Waals surface area contributed by atoms with Crippen molar-refractivity contribution in [2.24, 2.45) is 0 Å². The molecule has 8 aromatic rings. The van der Waals surface area contributed by atoms with Gasteiger partial charge in [0.15, 0.2) is 0 Å². The normalized spacial score (nSPS) is 12.3. The number of rotatable bonds is 8. The zero-order valence-electron chi connectivity index (χ0n) is 49.3. The number of ketones is 4. The van der Waals surface area contributed by atoms with E-state index < -0.39 is 12.3 Å². The first kappa shape index (κ1) is 70.0. The standard InChI is InChI=1S/2C24H20B.C10H24N4.4C3H6O.Cu/c2*1-5-13-21(14-6-1)25(22-15-7-2-8-16-22,23-17-9-3-10-18-23)24-19-11-4-12-20-24;1-3-11-7-9-13-5-2-6-14-10-8-12-4-1;4*1-3(2)4;/h2*1-20H;11-14H,1-10H2;4*1-2H3;/q2*-1;;;;;;+2. The van der Waals surface area contributed by atoms with Crippen molar-refractivity contribution in [2.45, 2.75) is 68.2 Å². The van der Waals surface area contributed by atoms with Crippen LogP contribution < -0.4 is 65.0 Å². The van der Waals surface area contributed by atoms with Crippen LogP contribution in [0.2, 0.25) is 0 Å². The first-order chi connectivity index (χ1) is 38.8. The Balaban J connectivity index is 0.000000373. The molecule has 0 aliphatic carbocycles. The van der Waals surface area contributed by atoms with Gasteiger partial charge < -0.3 is 40.4 Å². The predicted octanol–water partition coefficient (Wildman–Crippen LogP) is 7.65. The maximum absolute atomic E-state index is 9.44. The minimum absolute atomic E-state index is 0. The van der Waals surface area contributed by atoms with Gasteiger partial charge in [-0.3, -0.25) is 0 Å². The Morgan fingerprint density at radius 3 is 0.457 bits per heavy atom. The Bertz CT molecular complexity index is 2270. The van der Waals surface area contributed by atoms with Crippen LogP contribution in [-0.4, -0.2) is 87.8 Å². The summed E-state index contributed by atoms with van der Waals surface area (Å²) in [6.07, 6.45) is 0.0133. The summed E-state index contributed by atoms with van der Waals surface area (Å²) in [4.78, 5) is 37.8. The molecule has 1 aliphatic rings. The van der Waals surface area contributed by atoms with Crippen LogP contribution in [0.15, 0.2) is 243 Å². The van der Waals surface area contributed by atoms with Crippen molar-refractivity contribution in [1.29, 1.82) is 0 Å². The van der Waals surface area contributed by atoms with Crippen LogP contribution in [-0.2, 0) is 36.2 Å². The number of nitrogens with one attached hydrogen (secondary N) is 4. The van der Waals surface area contributed by atoms with Gasteiger partial charge in [0.05, 0.1) is 0 Å². The van der Waals surface area contributed by atoms with Crippen molar-refractivity contribution < 1.29 is 36.2 Å².